The first-order chi connectivity index (χ1) is 7.18. The third-order valence-corrected chi connectivity index (χ3v) is 2.32. The molecule has 0 amide bonds. The molecule has 0 aliphatic rings. The number of rotatable bonds is 2. The van der Waals surface area contributed by atoms with Gasteiger partial charge in [0.15, 0.2) is 5.82 Å². The first kappa shape index (κ1) is 9.78. The standard InChI is InChI=1S/C8H5BrN4O2/c9-7-4-6(13(14)15)5-10-8(7)12-3-1-2-11-12/h1-5H. The number of aromatic nitrogens is 3. The summed E-state index contributed by atoms with van der Waals surface area (Å²) in [7, 11) is 0. The maximum atomic E-state index is 10.5. The molecule has 0 saturated carbocycles. The van der Waals surface area contributed by atoms with E-state index in [2.05, 4.69) is 26.0 Å². The monoisotopic (exact) mass is 268 g/mol. The lowest BCUT2D eigenvalue weighted by Gasteiger charge is -2.02. The van der Waals surface area contributed by atoms with Crippen LogP contribution in [0.1, 0.15) is 0 Å². The van der Waals surface area contributed by atoms with Gasteiger partial charge >= 0.3 is 0 Å². The van der Waals surface area contributed by atoms with E-state index in [9.17, 15) is 10.1 Å². The predicted molar refractivity (Wildman–Crippen MR) is 55.7 cm³/mol. The number of hydrogen-bond donors (Lipinski definition) is 0. The van der Waals surface area contributed by atoms with Crippen LogP contribution in [0.5, 0.6) is 0 Å². The fourth-order valence-electron chi connectivity index (χ4n) is 1.08. The molecule has 0 saturated heterocycles. The van der Waals surface area contributed by atoms with E-state index in [0.29, 0.717) is 10.3 Å². The Morgan fingerprint density at radius 2 is 2.33 bits per heavy atom. The van der Waals surface area contributed by atoms with Crippen LogP contribution in [0, 0.1) is 10.1 Å². The smallest absolute Gasteiger partial charge is 0.258 e. The van der Waals surface area contributed by atoms with E-state index >= 15 is 0 Å². The minimum Gasteiger partial charge on any atom is -0.258 e. The van der Waals surface area contributed by atoms with E-state index in [1.807, 2.05) is 0 Å². The van der Waals surface area contributed by atoms with Crippen LogP contribution < -0.4 is 0 Å². The Bertz CT molecular complexity index is 497. The summed E-state index contributed by atoms with van der Waals surface area (Å²) in [6.45, 7) is 0. The van der Waals surface area contributed by atoms with Gasteiger partial charge in [-0.05, 0) is 22.0 Å². The topological polar surface area (TPSA) is 73.8 Å². The van der Waals surface area contributed by atoms with Crippen molar-refractivity contribution < 1.29 is 4.92 Å². The number of nitro groups is 1. The summed E-state index contributed by atoms with van der Waals surface area (Å²) >= 11 is 3.21. The van der Waals surface area contributed by atoms with Gasteiger partial charge in [0.05, 0.1) is 9.40 Å². The van der Waals surface area contributed by atoms with Crippen LogP contribution in [-0.4, -0.2) is 19.7 Å². The second kappa shape index (κ2) is 3.77. The van der Waals surface area contributed by atoms with Crippen molar-refractivity contribution in [3.05, 3.63) is 45.3 Å². The minimum absolute atomic E-state index is 0.0576. The van der Waals surface area contributed by atoms with Crippen LogP contribution in [0.15, 0.2) is 35.2 Å². The molecule has 2 aromatic heterocycles. The van der Waals surface area contributed by atoms with Crippen molar-refractivity contribution in [1.29, 1.82) is 0 Å². The van der Waals surface area contributed by atoms with Crippen molar-refractivity contribution in [3.63, 3.8) is 0 Å². The average Bonchev–Trinajstić information content (AvgIpc) is 2.70. The second-order valence-electron chi connectivity index (χ2n) is 2.71. The van der Waals surface area contributed by atoms with E-state index in [4.69, 9.17) is 0 Å². The van der Waals surface area contributed by atoms with Crippen molar-refractivity contribution in [2.24, 2.45) is 0 Å². The fraction of sp³-hybridized carbons (Fsp3) is 0. The Morgan fingerprint density at radius 3 is 2.87 bits per heavy atom. The highest BCUT2D eigenvalue weighted by Crippen LogP contribution is 2.22. The molecule has 0 aliphatic heterocycles. The molecule has 0 aromatic carbocycles. The van der Waals surface area contributed by atoms with Gasteiger partial charge < -0.3 is 0 Å². The molecule has 15 heavy (non-hydrogen) atoms. The Hall–Kier alpha value is -1.76. The van der Waals surface area contributed by atoms with Gasteiger partial charge in [0.1, 0.15) is 6.20 Å². The molecular formula is C8H5BrN4O2. The quantitative estimate of drug-likeness (QED) is 0.616. The Labute approximate surface area is 92.8 Å². The summed E-state index contributed by atoms with van der Waals surface area (Å²) in [5.41, 5.74) is -0.0576. The van der Waals surface area contributed by atoms with Crippen LogP contribution in [0.2, 0.25) is 0 Å². The van der Waals surface area contributed by atoms with E-state index in [1.165, 1.54) is 16.9 Å². The fourth-order valence-corrected chi connectivity index (χ4v) is 1.60. The maximum Gasteiger partial charge on any atom is 0.288 e. The highest BCUT2D eigenvalue weighted by Gasteiger charge is 2.11. The van der Waals surface area contributed by atoms with Gasteiger partial charge in [-0.1, -0.05) is 0 Å². The Morgan fingerprint density at radius 1 is 1.53 bits per heavy atom. The summed E-state index contributed by atoms with van der Waals surface area (Å²) in [6, 6.07) is 3.14. The second-order valence-corrected chi connectivity index (χ2v) is 3.56. The highest BCUT2D eigenvalue weighted by atomic mass is 79.9. The highest BCUT2D eigenvalue weighted by molar-refractivity contribution is 9.10. The van der Waals surface area contributed by atoms with Crippen LogP contribution in [0.3, 0.4) is 0 Å². The summed E-state index contributed by atoms with van der Waals surface area (Å²) in [4.78, 5) is 13.9. The van der Waals surface area contributed by atoms with Gasteiger partial charge in [-0.15, -0.1) is 0 Å². The minimum atomic E-state index is -0.495. The summed E-state index contributed by atoms with van der Waals surface area (Å²) in [6.07, 6.45) is 4.51. The molecule has 6 nitrogen and oxygen atoms in total. The van der Waals surface area contributed by atoms with Crippen molar-refractivity contribution >= 4 is 21.6 Å². The van der Waals surface area contributed by atoms with Gasteiger partial charge in [-0.25, -0.2) is 9.67 Å². The third kappa shape index (κ3) is 1.86. The molecule has 0 bridgehead atoms. The zero-order chi connectivity index (χ0) is 10.8. The normalized spacial score (nSPS) is 10.2. The molecule has 0 N–H and O–H groups in total. The van der Waals surface area contributed by atoms with E-state index in [-0.39, 0.29) is 5.69 Å². The molecular weight excluding hydrogens is 264 g/mol. The van der Waals surface area contributed by atoms with Crippen LogP contribution in [0.25, 0.3) is 5.82 Å². The molecule has 2 heterocycles. The zero-order valence-corrected chi connectivity index (χ0v) is 8.96. The van der Waals surface area contributed by atoms with Crippen molar-refractivity contribution in [1.82, 2.24) is 14.8 Å². The molecule has 0 radical (unpaired) electrons. The van der Waals surface area contributed by atoms with Gasteiger partial charge in [-0.3, -0.25) is 10.1 Å². The summed E-state index contributed by atoms with van der Waals surface area (Å²) < 4.78 is 2.05. The zero-order valence-electron chi connectivity index (χ0n) is 7.37. The predicted octanol–water partition coefficient (Wildman–Crippen LogP) is 1.94. The van der Waals surface area contributed by atoms with E-state index < -0.39 is 4.92 Å². The van der Waals surface area contributed by atoms with E-state index in [0.717, 1.165) is 0 Å². The van der Waals surface area contributed by atoms with Crippen molar-refractivity contribution in [2.75, 3.05) is 0 Å². The van der Waals surface area contributed by atoms with Gasteiger partial charge in [0.2, 0.25) is 0 Å². The first-order valence-corrected chi connectivity index (χ1v) is 4.78. The van der Waals surface area contributed by atoms with E-state index in [1.54, 1.807) is 18.5 Å². The summed E-state index contributed by atoms with van der Waals surface area (Å²) in [5, 5.41) is 14.4. The average molecular weight is 269 g/mol. The molecule has 76 valence electrons. The van der Waals surface area contributed by atoms with Crippen LogP contribution >= 0.6 is 15.9 Å². The lowest BCUT2D eigenvalue weighted by Crippen LogP contribution is -2.00. The Kier molecular flexibility index (Phi) is 2.46. The summed E-state index contributed by atoms with van der Waals surface area (Å²) in [5.74, 6) is 0.519. The lowest BCUT2D eigenvalue weighted by molar-refractivity contribution is -0.385. The SMILES string of the molecule is O=[N+]([O-])c1cnc(-n2cccn2)c(Br)c1. The molecule has 0 atom stereocenters. The third-order valence-electron chi connectivity index (χ3n) is 1.74. The Balaban J connectivity index is 2.48. The molecule has 2 rings (SSSR count). The number of hydrogen-bond acceptors (Lipinski definition) is 4. The number of nitrogens with zero attached hydrogens (tertiary/aromatic N) is 4. The largest absolute Gasteiger partial charge is 0.288 e. The maximum absolute atomic E-state index is 10.5. The van der Waals surface area contributed by atoms with Crippen molar-refractivity contribution in [2.45, 2.75) is 0 Å². The first-order valence-electron chi connectivity index (χ1n) is 3.98. The number of pyridine rings is 1. The van der Waals surface area contributed by atoms with Gasteiger partial charge in [-0.2, -0.15) is 5.10 Å². The molecule has 0 fully saturated rings. The molecule has 7 heteroatoms. The lowest BCUT2D eigenvalue weighted by atomic mass is 10.4. The van der Waals surface area contributed by atoms with Gasteiger partial charge in [0, 0.05) is 18.5 Å². The molecule has 0 spiro atoms. The molecule has 2 aromatic rings. The van der Waals surface area contributed by atoms with Crippen molar-refractivity contribution in [3.8, 4) is 5.82 Å². The van der Waals surface area contributed by atoms with Crippen LogP contribution in [0.4, 0.5) is 5.69 Å². The molecule has 0 aliphatic carbocycles. The number of halogens is 1. The molecule has 0 unspecified atom stereocenters. The van der Waals surface area contributed by atoms with Crippen LogP contribution in [-0.2, 0) is 0 Å². The van der Waals surface area contributed by atoms with Gasteiger partial charge in [0.25, 0.3) is 5.69 Å².